The molecular formula is C4H10OPt. The summed E-state index contributed by atoms with van der Waals surface area (Å²) in [5, 5.41) is 8.07. The third kappa shape index (κ3) is 8.82. The Morgan fingerprint density at radius 3 is 2.00 bits per heavy atom. The minimum atomic E-state index is 0. The van der Waals surface area contributed by atoms with Crippen LogP contribution in [0.25, 0.3) is 0 Å². The summed E-state index contributed by atoms with van der Waals surface area (Å²) in [5.41, 5.74) is 0. The van der Waals surface area contributed by atoms with Gasteiger partial charge in [-0.25, -0.2) is 0 Å². The van der Waals surface area contributed by atoms with Crippen LogP contribution in [-0.2, 0) is 21.1 Å². The van der Waals surface area contributed by atoms with E-state index < -0.39 is 0 Å². The molecule has 0 atom stereocenters. The molecule has 0 heterocycles. The molecule has 0 rings (SSSR count). The SMILES string of the molecule is CCCCO.[Pt]. The molecule has 0 saturated carbocycles. The van der Waals surface area contributed by atoms with Crippen LogP contribution in [0, 0.1) is 0 Å². The molecular weight excluding hydrogens is 259 g/mol. The molecule has 0 unspecified atom stereocenters. The van der Waals surface area contributed by atoms with Gasteiger partial charge in [0.2, 0.25) is 0 Å². The van der Waals surface area contributed by atoms with Crippen LogP contribution in [0.2, 0.25) is 0 Å². The van der Waals surface area contributed by atoms with Gasteiger partial charge in [-0.1, -0.05) is 13.3 Å². The van der Waals surface area contributed by atoms with E-state index in [2.05, 4.69) is 6.92 Å². The number of aliphatic hydroxyl groups excluding tert-OH is 1. The van der Waals surface area contributed by atoms with Crippen LogP contribution in [-0.4, -0.2) is 11.7 Å². The second kappa shape index (κ2) is 9.17. The van der Waals surface area contributed by atoms with Gasteiger partial charge < -0.3 is 5.11 Å². The third-order valence-corrected chi connectivity index (χ3v) is 0.512. The molecule has 2 heteroatoms. The van der Waals surface area contributed by atoms with E-state index in [4.69, 9.17) is 5.11 Å². The van der Waals surface area contributed by atoms with Crippen molar-refractivity contribution >= 4 is 0 Å². The fourth-order valence-corrected chi connectivity index (χ4v) is 0.158. The zero-order chi connectivity index (χ0) is 4.12. The Hall–Kier alpha value is 0.648. The van der Waals surface area contributed by atoms with Crippen molar-refractivity contribution in [2.24, 2.45) is 0 Å². The molecule has 1 N–H and O–H groups in total. The molecule has 0 saturated heterocycles. The molecule has 42 valence electrons. The quantitative estimate of drug-likeness (QED) is 0.785. The van der Waals surface area contributed by atoms with Crippen LogP contribution in [0.15, 0.2) is 0 Å². The zero-order valence-corrected chi connectivity index (χ0v) is 6.16. The van der Waals surface area contributed by atoms with Gasteiger partial charge in [-0.2, -0.15) is 0 Å². The van der Waals surface area contributed by atoms with Crippen molar-refractivity contribution in [3.05, 3.63) is 0 Å². The summed E-state index contributed by atoms with van der Waals surface area (Å²) in [7, 11) is 0. The molecule has 0 aliphatic carbocycles. The number of rotatable bonds is 2. The van der Waals surface area contributed by atoms with Gasteiger partial charge in [-0.05, 0) is 6.42 Å². The van der Waals surface area contributed by atoms with Gasteiger partial charge in [0.05, 0.1) is 0 Å². The van der Waals surface area contributed by atoms with Crippen molar-refractivity contribution in [1.82, 2.24) is 0 Å². The van der Waals surface area contributed by atoms with Gasteiger partial charge >= 0.3 is 0 Å². The molecule has 6 heavy (non-hydrogen) atoms. The second-order valence-electron chi connectivity index (χ2n) is 1.08. The summed E-state index contributed by atoms with van der Waals surface area (Å²) in [6, 6.07) is 0. The van der Waals surface area contributed by atoms with Crippen molar-refractivity contribution < 1.29 is 26.2 Å². The molecule has 0 fully saturated rings. The third-order valence-electron chi connectivity index (χ3n) is 0.512. The molecule has 0 aromatic carbocycles. The van der Waals surface area contributed by atoms with Gasteiger partial charge in [0.1, 0.15) is 0 Å². The average Bonchev–Trinajstić information content (AvgIpc) is 1.41. The molecule has 0 aromatic rings. The molecule has 0 aromatic heterocycles. The topological polar surface area (TPSA) is 20.2 Å². The van der Waals surface area contributed by atoms with Gasteiger partial charge in [-0.3, -0.25) is 0 Å². The Labute approximate surface area is 53.0 Å². The number of unbranched alkanes of at least 4 members (excludes halogenated alkanes) is 1. The normalized spacial score (nSPS) is 7.00. The fourth-order valence-electron chi connectivity index (χ4n) is 0.158. The van der Waals surface area contributed by atoms with E-state index in [0.717, 1.165) is 12.8 Å². The Morgan fingerprint density at radius 1 is 1.50 bits per heavy atom. The van der Waals surface area contributed by atoms with Crippen LogP contribution >= 0.6 is 0 Å². The summed E-state index contributed by atoms with van der Waals surface area (Å²) in [5.74, 6) is 0. The largest absolute Gasteiger partial charge is 0.396 e. The second-order valence-corrected chi connectivity index (χ2v) is 1.08. The summed E-state index contributed by atoms with van der Waals surface area (Å²) in [6.45, 7) is 2.40. The predicted octanol–water partition coefficient (Wildman–Crippen LogP) is 0.776. The Kier molecular flexibility index (Phi) is 15.0. The summed E-state index contributed by atoms with van der Waals surface area (Å²) in [4.78, 5) is 0. The van der Waals surface area contributed by atoms with Gasteiger partial charge in [-0.15, -0.1) is 0 Å². The van der Waals surface area contributed by atoms with Crippen molar-refractivity contribution in [3.63, 3.8) is 0 Å². The number of hydrogen-bond donors (Lipinski definition) is 1. The predicted molar refractivity (Wildman–Crippen MR) is 22.0 cm³/mol. The van der Waals surface area contributed by atoms with E-state index in [1.807, 2.05) is 0 Å². The Morgan fingerprint density at radius 2 is 2.00 bits per heavy atom. The standard InChI is InChI=1S/C4H10O.Pt/c1-2-3-4-5;/h5H,2-4H2,1H3;. The van der Waals surface area contributed by atoms with Crippen LogP contribution < -0.4 is 0 Å². The van der Waals surface area contributed by atoms with E-state index in [-0.39, 0.29) is 21.1 Å². The summed E-state index contributed by atoms with van der Waals surface area (Å²) in [6.07, 6.45) is 2.04. The van der Waals surface area contributed by atoms with E-state index in [9.17, 15) is 0 Å². The molecule has 0 spiro atoms. The van der Waals surface area contributed by atoms with Crippen molar-refractivity contribution in [2.75, 3.05) is 6.61 Å². The maximum absolute atomic E-state index is 8.07. The monoisotopic (exact) mass is 269 g/mol. The first-order chi connectivity index (χ1) is 2.41. The first-order valence-electron chi connectivity index (χ1n) is 2.02. The van der Waals surface area contributed by atoms with Crippen molar-refractivity contribution in [3.8, 4) is 0 Å². The molecule has 0 aliphatic heterocycles. The first kappa shape index (κ1) is 9.82. The minimum Gasteiger partial charge on any atom is -0.396 e. The van der Waals surface area contributed by atoms with Crippen molar-refractivity contribution in [2.45, 2.75) is 19.8 Å². The molecule has 0 amide bonds. The molecule has 0 radical (unpaired) electrons. The van der Waals surface area contributed by atoms with Crippen molar-refractivity contribution in [1.29, 1.82) is 0 Å². The van der Waals surface area contributed by atoms with Crippen LogP contribution in [0.5, 0.6) is 0 Å². The summed E-state index contributed by atoms with van der Waals surface area (Å²) >= 11 is 0. The maximum atomic E-state index is 8.07. The van der Waals surface area contributed by atoms with E-state index in [1.165, 1.54) is 0 Å². The first-order valence-corrected chi connectivity index (χ1v) is 2.02. The van der Waals surface area contributed by atoms with Crippen LogP contribution in [0.1, 0.15) is 19.8 Å². The molecule has 1 nitrogen and oxygen atoms in total. The maximum Gasteiger partial charge on any atom is 0.0430 e. The van der Waals surface area contributed by atoms with E-state index >= 15 is 0 Å². The average molecular weight is 269 g/mol. The minimum absolute atomic E-state index is 0. The van der Waals surface area contributed by atoms with Crippen LogP contribution in [0.3, 0.4) is 0 Å². The van der Waals surface area contributed by atoms with Gasteiger partial charge in [0, 0.05) is 27.7 Å². The van der Waals surface area contributed by atoms with E-state index in [1.54, 1.807) is 0 Å². The van der Waals surface area contributed by atoms with Crippen LogP contribution in [0.4, 0.5) is 0 Å². The smallest absolute Gasteiger partial charge is 0.0430 e. The van der Waals surface area contributed by atoms with Gasteiger partial charge in [0.15, 0.2) is 0 Å². The Balaban J connectivity index is 0. The summed E-state index contributed by atoms with van der Waals surface area (Å²) < 4.78 is 0. The zero-order valence-electron chi connectivity index (χ0n) is 3.88. The van der Waals surface area contributed by atoms with Gasteiger partial charge in [0.25, 0.3) is 0 Å². The van der Waals surface area contributed by atoms with E-state index in [0.29, 0.717) is 6.61 Å². The number of aliphatic hydroxyl groups is 1. The molecule has 0 aliphatic rings. The number of hydrogen-bond acceptors (Lipinski definition) is 1. The Bertz CT molecular complexity index is 15.0. The molecule has 0 bridgehead atoms. The fraction of sp³-hybridized carbons (Fsp3) is 1.00.